The average Bonchev–Trinajstić information content (AvgIpc) is 3.22. The molecule has 9 heteroatoms. The molecule has 1 amide bonds. The van der Waals surface area contributed by atoms with Gasteiger partial charge in [-0.05, 0) is 12.5 Å². The third-order valence-electron chi connectivity index (χ3n) is 4.87. The van der Waals surface area contributed by atoms with Crippen molar-refractivity contribution in [3.05, 3.63) is 51.9 Å². The SMILES string of the molecule is COCCN(CCOC)C(=O)CSC(C)c1nc2scc(-c3ccccc3)c2c(=O)[nH]1. The molecule has 0 aliphatic carbocycles. The number of benzene rings is 1. The monoisotopic (exact) mass is 461 g/mol. The molecule has 1 N–H and O–H groups in total. The third-order valence-corrected chi connectivity index (χ3v) is 6.88. The number of thioether (sulfide) groups is 1. The predicted molar refractivity (Wildman–Crippen MR) is 127 cm³/mol. The van der Waals surface area contributed by atoms with Crippen LogP contribution < -0.4 is 5.56 Å². The Labute approximate surface area is 189 Å². The highest BCUT2D eigenvalue weighted by Crippen LogP contribution is 2.32. The minimum absolute atomic E-state index is 0.0110. The van der Waals surface area contributed by atoms with E-state index in [0.29, 0.717) is 42.3 Å². The maximum absolute atomic E-state index is 12.8. The number of aromatic nitrogens is 2. The number of hydrogen-bond donors (Lipinski definition) is 1. The molecule has 0 aliphatic rings. The Morgan fingerprint density at radius 1 is 1.19 bits per heavy atom. The van der Waals surface area contributed by atoms with Crippen molar-refractivity contribution in [3.8, 4) is 11.1 Å². The zero-order valence-corrected chi connectivity index (χ0v) is 19.6. The van der Waals surface area contributed by atoms with Gasteiger partial charge in [0.1, 0.15) is 10.7 Å². The maximum atomic E-state index is 12.8. The van der Waals surface area contributed by atoms with Gasteiger partial charge in [0, 0.05) is 38.3 Å². The van der Waals surface area contributed by atoms with Gasteiger partial charge in [-0.1, -0.05) is 30.3 Å². The van der Waals surface area contributed by atoms with Crippen LogP contribution >= 0.6 is 23.1 Å². The number of methoxy groups -OCH3 is 2. The predicted octanol–water partition coefficient (Wildman–Crippen LogP) is 3.57. The van der Waals surface area contributed by atoms with E-state index in [9.17, 15) is 9.59 Å². The van der Waals surface area contributed by atoms with Crippen LogP contribution in [0.3, 0.4) is 0 Å². The molecule has 0 spiro atoms. The second kappa shape index (κ2) is 11.4. The van der Waals surface area contributed by atoms with Gasteiger partial charge in [-0.15, -0.1) is 23.1 Å². The standard InChI is InChI=1S/C22H27N3O4S2/c1-15(30-14-18(26)25(9-11-28-2)10-12-29-3)20-23-21(27)19-17(13-31-22(19)24-20)16-7-5-4-6-8-16/h4-8,13,15H,9-12,14H2,1-3H3,(H,23,24,27). The van der Waals surface area contributed by atoms with Crippen LogP contribution in [0.4, 0.5) is 0 Å². The van der Waals surface area contributed by atoms with E-state index < -0.39 is 0 Å². The van der Waals surface area contributed by atoms with Gasteiger partial charge in [0.05, 0.1) is 29.6 Å². The molecule has 7 nitrogen and oxygen atoms in total. The van der Waals surface area contributed by atoms with Crippen molar-refractivity contribution in [1.82, 2.24) is 14.9 Å². The van der Waals surface area contributed by atoms with E-state index >= 15 is 0 Å². The first-order chi connectivity index (χ1) is 15.0. The summed E-state index contributed by atoms with van der Waals surface area (Å²) in [6, 6.07) is 9.82. The number of thiophene rings is 1. The number of H-pyrrole nitrogens is 1. The molecule has 0 aliphatic heterocycles. The molecular formula is C22H27N3O4S2. The van der Waals surface area contributed by atoms with Crippen molar-refractivity contribution in [1.29, 1.82) is 0 Å². The molecule has 2 heterocycles. The number of carbonyl (C=O) groups excluding carboxylic acids is 1. The van der Waals surface area contributed by atoms with Crippen LogP contribution in [0.25, 0.3) is 21.3 Å². The van der Waals surface area contributed by atoms with Gasteiger partial charge in [-0.2, -0.15) is 0 Å². The van der Waals surface area contributed by atoms with Gasteiger partial charge in [-0.3, -0.25) is 9.59 Å². The third kappa shape index (κ3) is 5.94. The summed E-state index contributed by atoms with van der Waals surface area (Å²) in [5.41, 5.74) is 1.73. The Hall–Kier alpha value is -2.20. The van der Waals surface area contributed by atoms with Crippen LogP contribution in [0, 0.1) is 0 Å². The second-order valence-corrected chi connectivity index (χ2v) is 9.15. The molecule has 1 unspecified atom stereocenters. The van der Waals surface area contributed by atoms with E-state index in [1.54, 1.807) is 19.1 Å². The summed E-state index contributed by atoms with van der Waals surface area (Å²) >= 11 is 2.91. The Kier molecular flexibility index (Phi) is 8.65. The summed E-state index contributed by atoms with van der Waals surface area (Å²) in [6.45, 7) is 3.94. The van der Waals surface area contributed by atoms with Crippen molar-refractivity contribution in [2.75, 3.05) is 46.3 Å². The lowest BCUT2D eigenvalue weighted by Crippen LogP contribution is -2.37. The first-order valence-electron chi connectivity index (χ1n) is 9.99. The summed E-state index contributed by atoms with van der Waals surface area (Å²) < 4.78 is 10.2. The minimum atomic E-state index is -0.152. The molecular weight excluding hydrogens is 434 g/mol. The number of hydrogen-bond acceptors (Lipinski definition) is 7. The van der Waals surface area contributed by atoms with Gasteiger partial charge in [-0.25, -0.2) is 4.98 Å². The van der Waals surface area contributed by atoms with E-state index in [0.717, 1.165) is 11.1 Å². The summed E-state index contributed by atoms with van der Waals surface area (Å²) in [5, 5.41) is 2.45. The van der Waals surface area contributed by atoms with Gasteiger partial charge in [0.2, 0.25) is 5.91 Å². The van der Waals surface area contributed by atoms with Gasteiger partial charge in [0.15, 0.2) is 0 Å². The van der Waals surface area contributed by atoms with Gasteiger partial charge >= 0.3 is 0 Å². The van der Waals surface area contributed by atoms with Crippen LogP contribution in [0.2, 0.25) is 0 Å². The number of carbonyl (C=O) groups is 1. The van der Waals surface area contributed by atoms with Crippen molar-refractivity contribution >= 4 is 39.2 Å². The number of aromatic amines is 1. The van der Waals surface area contributed by atoms with E-state index in [2.05, 4.69) is 9.97 Å². The van der Waals surface area contributed by atoms with E-state index in [1.165, 1.54) is 23.1 Å². The Bertz CT molecular complexity index is 1040. The Morgan fingerprint density at radius 3 is 2.52 bits per heavy atom. The molecule has 1 aromatic carbocycles. The van der Waals surface area contributed by atoms with Crippen LogP contribution in [0.15, 0.2) is 40.5 Å². The quantitative estimate of drug-likeness (QED) is 0.470. The fourth-order valence-electron chi connectivity index (χ4n) is 3.12. The molecule has 3 aromatic rings. The summed E-state index contributed by atoms with van der Waals surface area (Å²) in [4.78, 5) is 35.5. The van der Waals surface area contributed by atoms with E-state index in [1.807, 2.05) is 42.6 Å². The summed E-state index contributed by atoms with van der Waals surface area (Å²) in [7, 11) is 3.23. The number of ether oxygens (including phenoxy) is 2. The largest absolute Gasteiger partial charge is 0.383 e. The fraction of sp³-hybridized carbons (Fsp3) is 0.409. The zero-order chi connectivity index (χ0) is 22.2. The average molecular weight is 462 g/mol. The number of nitrogens with one attached hydrogen (secondary N) is 1. The number of nitrogens with zero attached hydrogens (tertiary/aromatic N) is 2. The molecule has 31 heavy (non-hydrogen) atoms. The minimum Gasteiger partial charge on any atom is -0.383 e. The molecule has 0 saturated carbocycles. The van der Waals surface area contributed by atoms with Crippen molar-refractivity contribution in [3.63, 3.8) is 0 Å². The molecule has 1 atom stereocenters. The Morgan fingerprint density at radius 2 is 1.87 bits per heavy atom. The highest BCUT2D eigenvalue weighted by Gasteiger charge is 2.19. The molecule has 0 saturated heterocycles. The van der Waals surface area contributed by atoms with Crippen LogP contribution in [-0.2, 0) is 14.3 Å². The van der Waals surface area contributed by atoms with Crippen molar-refractivity contribution < 1.29 is 14.3 Å². The highest BCUT2D eigenvalue weighted by atomic mass is 32.2. The van der Waals surface area contributed by atoms with Gasteiger partial charge < -0.3 is 19.4 Å². The first kappa shape index (κ1) is 23.5. The van der Waals surface area contributed by atoms with E-state index in [4.69, 9.17) is 9.47 Å². The zero-order valence-electron chi connectivity index (χ0n) is 17.9. The lowest BCUT2D eigenvalue weighted by Gasteiger charge is -2.22. The normalized spacial score (nSPS) is 12.2. The van der Waals surface area contributed by atoms with Crippen molar-refractivity contribution in [2.24, 2.45) is 0 Å². The lowest BCUT2D eigenvalue weighted by molar-refractivity contribution is -0.129. The van der Waals surface area contributed by atoms with Crippen molar-refractivity contribution in [2.45, 2.75) is 12.2 Å². The lowest BCUT2D eigenvalue weighted by atomic mass is 10.1. The van der Waals surface area contributed by atoms with E-state index in [-0.39, 0.29) is 22.5 Å². The van der Waals surface area contributed by atoms with Crippen LogP contribution in [0.1, 0.15) is 18.0 Å². The highest BCUT2D eigenvalue weighted by molar-refractivity contribution is 8.00. The molecule has 3 rings (SSSR count). The molecule has 0 bridgehead atoms. The number of amides is 1. The molecule has 0 radical (unpaired) electrons. The molecule has 166 valence electrons. The molecule has 0 fully saturated rings. The smallest absolute Gasteiger partial charge is 0.260 e. The van der Waals surface area contributed by atoms with Crippen LogP contribution in [0.5, 0.6) is 0 Å². The second-order valence-electron chi connectivity index (χ2n) is 6.97. The number of fused-ring (bicyclic) bond motifs is 1. The molecule has 2 aromatic heterocycles. The maximum Gasteiger partial charge on any atom is 0.260 e. The number of rotatable bonds is 11. The summed E-state index contributed by atoms with van der Waals surface area (Å²) in [6.07, 6.45) is 0. The summed E-state index contributed by atoms with van der Waals surface area (Å²) in [5.74, 6) is 0.879. The van der Waals surface area contributed by atoms with Crippen LogP contribution in [-0.4, -0.2) is 67.1 Å². The Balaban J connectivity index is 1.72. The topological polar surface area (TPSA) is 84.5 Å². The fourth-order valence-corrected chi connectivity index (χ4v) is 4.92. The first-order valence-corrected chi connectivity index (χ1v) is 11.9. The van der Waals surface area contributed by atoms with Gasteiger partial charge in [0.25, 0.3) is 5.56 Å².